The number of aromatic nitrogens is 4. The molecule has 7 heteroatoms. The van der Waals surface area contributed by atoms with Crippen molar-refractivity contribution in [3.8, 4) is 5.82 Å². The Labute approximate surface area is 134 Å². The summed E-state index contributed by atoms with van der Waals surface area (Å²) in [7, 11) is -1.02. The van der Waals surface area contributed by atoms with Crippen molar-refractivity contribution >= 4 is 12.6 Å². The molecule has 6 nitrogen and oxygen atoms in total. The average molecular weight is 293 g/mol. The first kappa shape index (κ1) is 8.05. The van der Waals surface area contributed by atoms with E-state index in [0.717, 1.165) is 4.68 Å². The second-order valence-corrected chi connectivity index (χ2v) is 5.76. The van der Waals surface area contributed by atoms with Gasteiger partial charge in [0.15, 0.2) is 5.82 Å². The molecule has 0 aliphatic carbocycles. The Morgan fingerprint density at radius 3 is 2.52 bits per heavy atom. The zero-order chi connectivity index (χ0) is 21.2. The summed E-state index contributed by atoms with van der Waals surface area (Å²) in [6.07, 6.45) is -1.84. The second kappa shape index (κ2) is 4.64. The lowest BCUT2D eigenvalue weighted by Crippen LogP contribution is -2.41. The van der Waals surface area contributed by atoms with Crippen molar-refractivity contribution in [3.05, 3.63) is 30.4 Å². The van der Waals surface area contributed by atoms with Crippen molar-refractivity contribution < 1.29 is 18.9 Å². The van der Waals surface area contributed by atoms with E-state index < -0.39 is 43.2 Å². The highest BCUT2D eigenvalue weighted by Crippen LogP contribution is 2.36. The molecule has 0 spiro atoms. The minimum absolute atomic E-state index is 0.0475. The van der Waals surface area contributed by atoms with Crippen LogP contribution in [0.3, 0.4) is 0 Å². The topological polar surface area (TPSA) is 62.1 Å². The molecule has 0 amide bonds. The van der Waals surface area contributed by atoms with Gasteiger partial charge in [-0.1, -0.05) is 0 Å². The molecule has 1 fully saturated rings. The molecule has 0 bridgehead atoms. The van der Waals surface area contributed by atoms with Gasteiger partial charge in [0.1, 0.15) is 0 Å². The third-order valence-electron chi connectivity index (χ3n) is 3.72. The highest BCUT2D eigenvalue weighted by molar-refractivity contribution is 6.62. The third-order valence-corrected chi connectivity index (χ3v) is 3.72. The van der Waals surface area contributed by atoms with Gasteiger partial charge in [-0.2, -0.15) is 5.10 Å². The Hall–Kier alpha value is -1.73. The van der Waals surface area contributed by atoms with Crippen LogP contribution >= 0.6 is 0 Å². The summed E-state index contributed by atoms with van der Waals surface area (Å²) in [5.74, 6) is -0.320. The van der Waals surface area contributed by atoms with Crippen molar-refractivity contribution in [1.29, 1.82) is 0 Å². The van der Waals surface area contributed by atoms with Crippen LogP contribution in [0.1, 0.15) is 43.0 Å². The van der Waals surface area contributed by atoms with Crippen molar-refractivity contribution in [3.63, 3.8) is 0 Å². The van der Waals surface area contributed by atoms with Gasteiger partial charge >= 0.3 is 7.12 Å². The lowest BCUT2D eigenvalue weighted by atomic mass is 9.82. The molecule has 0 aromatic carbocycles. The second-order valence-electron chi connectivity index (χ2n) is 5.76. The van der Waals surface area contributed by atoms with E-state index >= 15 is 0 Å². The summed E-state index contributed by atoms with van der Waals surface area (Å²) < 4.78 is 66.9. The fraction of sp³-hybridized carbons (Fsp3) is 0.500. The molecule has 2 aromatic rings. The molecule has 21 heavy (non-hydrogen) atoms. The molecule has 0 N–H and O–H groups in total. The van der Waals surface area contributed by atoms with Crippen LogP contribution in [0.15, 0.2) is 24.7 Å². The normalized spacial score (nSPS) is 25.3. The number of aryl methyl sites for hydroxylation is 1. The van der Waals surface area contributed by atoms with E-state index in [2.05, 4.69) is 15.1 Å². The lowest BCUT2D eigenvalue weighted by Gasteiger charge is -2.32. The Balaban J connectivity index is 2.08. The highest BCUT2D eigenvalue weighted by Gasteiger charge is 2.52. The molecule has 3 heterocycles. The summed E-state index contributed by atoms with van der Waals surface area (Å²) in [6, 6.07) is 0. The maximum atomic E-state index is 8.37. The van der Waals surface area contributed by atoms with E-state index in [1.807, 2.05) is 27.7 Å². The van der Waals surface area contributed by atoms with Crippen molar-refractivity contribution in [2.45, 2.75) is 45.7 Å². The molecule has 1 aliphatic rings. The molecular formula is C14H19BN4O2. The van der Waals surface area contributed by atoms with E-state index in [-0.39, 0.29) is 23.6 Å². The highest BCUT2D eigenvalue weighted by atomic mass is 16.7. The van der Waals surface area contributed by atoms with E-state index in [1.54, 1.807) is 0 Å². The Bertz CT molecular complexity index is 929. The first-order valence-corrected chi connectivity index (χ1v) is 6.43. The minimum Gasteiger partial charge on any atom is -0.399 e. The van der Waals surface area contributed by atoms with Gasteiger partial charge in [-0.05, 0) is 34.5 Å². The molecule has 0 saturated carbocycles. The van der Waals surface area contributed by atoms with Gasteiger partial charge in [-0.15, -0.1) is 0 Å². The summed E-state index contributed by atoms with van der Waals surface area (Å²) in [6.45, 7) is 4.63. The van der Waals surface area contributed by atoms with Crippen LogP contribution in [0.2, 0.25) is 0 Å². The molecular weight excluding hydrogens is 267 g/mol. The predicted octanol–water partition coefficient (Wildman–Crippen LogP) is 1.27. The van der Waals surface area contributed by atoms with Crippen LogP contribution in [-0.4, -0.2) is 38.1 Å². The van der Waals surface area contributed by atoms with Gasteiger partial charge in [0.25, 0.3) is 0 Å². The summed E-state index contributed by atoms with van der Waals surface area (Å²) in [4.78, 5) is 7.41. The lowest BCUT2D eigenvalue weighted by molar-refractivity contribution is 0.00578. The molecule has 110 valence electrons. The summed E-state index contributed by atoms with van der Waals surface area (Å²) >= 11 is 0. The SMILES string of the molecule is [2H]c1nc(C([2H])([2H])[2H])c([2H])nc1-n1nc([2H])c(B2OC(C)(C)C(C)(C)O2)c1[2H]. The Morgan fingerprint density at radius 2 is 1.86 bits per heavy atom. The molecule has 1 aliphatic heterocycles. The van der Waals surface area contributed by atoms with Gasteiger partial charge in [0, 0.05) is 21.9 Å². The van der Waals surface area contributed by atoms with Gasteiger partial charge < -0.3 is 9.31 Å². The first-order valence-electron chi connectivity index (χ1n) is 9.93. The third kappa shape index (κ3) is 2.47. The van der Waals surface area contributed by atoms with Crippen molar-refractivity contribution in [2.24, 2.45) is 0 Å². The van der Waals surface area contributed by atoms with E-state index in [4.69, 9.17) is 18.9 Å². The van der Waals surface area contributed by atoms with E-state index in [9.17, 15) is 0 Å². The fourth-order valence-corrected chi connectivity index (χ4v) is 1.79. The van der Waals surface area contributed by atoms with Crippen LogP contribution in [-0.2, 0) is 9.31 Å². The monoisotopic (exact) mass is 293 g/mol. The standard InChI is InChI=1S/C14H19BN4O2/c1-10-6-17-12(8-16-10)19-9-11(7-18-19)15-20-13(2,3)14(4,5)21-15/h6-9H,1-5H3/i1D3,6D,7D,8D,9D. The van der Waals surface area contributed by atoms with Crippen molar-refractivity contribution in [2.75, 3.05) is 0 Å². The van der Waals surface area contributed by atoms with Gasteiger partial charge in [-0.25, -0.2) is 9.67 Å². The van der Waals surface area contributed by atoms with E-state index in [1.165, 1.54) is 0 Å². The number of rotatable bonds is 2. The smallest absolute Gasteiger partial charge is 0.399 e. The van der Waals surface area contributed by atoms with Gasteiger partial charge in [0.2, 0.25) is 0 Å². The van der Waals surface area contributed by atoms with Crippen LogP contribution in [0, 0.1) is 6.85 Å². The average Bonchev–Trinajstić information content (AvgIpc) is 2.92. The molecule has 0 radical (unpaired) electrons. The molecule has 2 aromatic heterocycles. The van der Waals surface area contributed by atoms with Crippen LogP contribution in [0.25, 0.3) is 5.82 Å². The zero-order valence-electron chi connectivity index (χ0n) is 19.2. The van der Waals surface area contributed by atoms with E-state index in [0.29, 0.717) is 0 Å². The number of hydrogen-bond donors (Lipinski definition) is 0. The Kier molecular flexibility index (Phi) is 1.78. The van der Waals surface area contributed by atoms with Crippen LogP contribution < -0.4 is 5.46 Å². The maximum Gasteiger partial charge on any atom is 0.498 e. The van der Waals surface area contributed by atoms with Gasteiger partial charge in [-0.3, -0.25) is 4.98 Å². The van der Waals surface area contributed by atoms with Crippen LogP contribution in [0.4, 0.5) is 0 Å². The summed E-state index contributed by atoms with van der Waals surface area (Å²) in [5.41, 5.74) is -1.94. The molecule has 1 saturated heterocycles. The largest absolute Gasteiger partial charge is 0.498 e. The number of hydrogen-bond acceptors (Lipinski definition) is 5. The van der Waals surface area contributed by atoms with Crippen molar-refractivity contribution in [1.82, 2.24) is 19.7 Å². The predicted molar refractivity (Wildman–Crippen MR) is 79.6 cm³/mol. The van der Waals surface area contributed by atoms with Gasteiger partial charge in [0.05, 0.1) is 34.7 Å². The fourth-order valence-electron chi connectivity index (χ4n) is 1.79. The maximum absolute atomic E-state index is 8.37. The Morgan fingerprint density at radius 1 is 1.14 bits per heavy atom. The molecule has 0 unspecified atom stereocenters. The van der Waals surface area contributed by atoms with Crippen LogP contribution in [0.5, 0.6) is 0 Å². The first-order chi connectivity index (χ1) is 12.7. The molecule has 0 atom stereocenters. The quantitative estimate of drug-likeness (QED) is 0.780. The summed E-state index contributed by atoms with van der Waals surface area (Å²) in [5, 5.41) is 3.90. The zero-order valence-corrected chi connectivity index (χ0v) is 12.2. The molecule has 3 rings (SSSR count). The minimum atomic E-state index is -2.69. The number of nitrogens with zero attached hydrogens (tertiary/aromatic N) is 4.